The van der Waals surface area contributed by atoms with Gasteiger partial charge in [-0.25, -0.2) is 0 Å². The van der Waals surface area contributed by atoms with Gasteiger partial charge in [-0.05, 0) is 32.2 Å². The molecule has 0 radical (unpaired) electrons. The molecule has 0 heterocycles. The average molecular weight is 255 g/mol. The van der Waals surface area contributed by atoms with Crippen LogP contribution in [0.15, 0.2) is 0 Å². The van der Waals surface area contributed by atoms with Gasteiger partial charge in [0.2, 0.25) is 5.91 Å². The molecule has 0 saturated heterocycles. The molecule has 1 aliphatic carbocycles. The fourth-order valence-electron chi connectivity index (χ4n) is 3.02. The summed E-state index contributed by atoms with van der Waals surface area (Å²) >= 11 is 0. The van der Waals surface area contributed by atoms with Crippen molar-refractivity contribution in [1.82, 2.24) is 10.2 Å². The van der Waals surface area contributed by atoms with Crippen LogP contribution in [0.3, 0.4) is 0 Å². The van der Waals surface area contributed by atoms with E-state index in [9.17, 15) is 4.79 Å². The predicted octanol–water partition coefficient (Wildman–Crippen LogP) is 1.35. The number of amides is 1. The molecule has 0 aliphatic heterocycles. The molecular formula is C14H29N3O. The summed E-state index contributed by atoms with van der Waals surface area (Å²) in [7, 11) is 2.04. The first kappa shape index (κ1) is 15.4. The van der Waals surface area contributed by atoms with E-state index in [1.54, 1.807) is 0 Å². The van der Waals surface area contributed by atoms with Gasteiger partial charge < -0.3 is 11.1 Å². The molecule has 18 heavy (non-hydrogen) atoms. The van der Waals surface area contributed by atoms with Crippen molar-refractivity contribution in [2.45, 2.75) is 51.5 Å². The zero-order valence-electron chi connectivity index (χ0n) is 12.2. The lowest BCUT2D eigenvalue weighted by Gasteiger charge is -2.45. The largest absolute Gasteiger partial charge is 0.355 e. The molecule has 1 rings (SSSR count). The van der Waals surface area contributed by atoms with Crippen LogP contribution >= 0.6 is 0 Å². The minimum atomic E-state index is 0.0290. The number of rotatable bonds is 6. The average Bonchev–Trinajstić information content (AvgIpc) is 2.36. The third kappa shape index (κ3) is 3.95. The molecule has 1 fully saturated rings. The van der Waals surface area contributed by atoms with Crippen molar-refractivity contribution in [3.63, 3.8) is 0 Å². The first-order chi connectivity index (χ1) is 8.54. The van der Waals surface area contributed by atoms with E-state index in [0.717, 1.165) is 25.8 Å². The molecule has 0 aromatic heterocycles. The van der Waals surface area contributed by atoms with E-state index in [2.05, 4.69) is 24.1 Å². The third-order valence-corrected chi connectivity index (χ3v) is 4.21. The fraction of sp³-hybridized carbons (Fsp3) is 0.929. The Hall–Kier alpha value is -0.610. The van der Waals surface area contributed by atoms with Crippen LogP contribution < -0.4 is 11.1 Å². The molecular weight excluding hydrogens is 226 g/mol. The number of carbonyl (C=O) groups excluding carboxylic acids is 1. The second-order valence-corrected chi connectivity index (χ2v) is 5.84. The Morgan fingerprint density at radius 1 is 1.56 bits per heavy atom. The van der Waals surface area contributed by atoms with E-state index >= 15 is 0 Å². The summed E-state index contributed by atoms with van der Waals surface area (Å²) < 4.78 is 0. The van der Waals surface area contributed by atoms with Gasteiger partial charge in [0.1, 0.15) is 0 Å². The lowest BCUT2D eigenvalue weighted by Crippen LogP contribution is -2.56. The Morgan fingerprint density at radius 3 is 2.83 bits per heavy atom. The van der Waals surface area contributed by atoms with E-state index < -0.39 is 0 Å². The third-order valence-electron chi connectivity index (χ3n) is 4.21. The van der Waals surface area contributed by atoms with Gasteiger partial charge in [-0.2, -0.15) is 0 Å². The van der Waals surface area contributed by atoms with Gasteiger partial charge in [0.15, 0.2) is 0 Å². The van der Waals surface area contributed by atoms with Gasteiger partial charge in [0.25, 0.3) is 0 Å². The Labute approximate surface area is 111 Å². The second-order valence-electron chi connectivity index (χ2n) is 5.84. The molecule has 1 aliphatic rings. The van der Waals surface area contributed by atoms with E-state index in [1.807, 2.05) is 7.05 Å². The molecule has 4 nitrogen and oxygen atoms in total. The molecule has 0 bridgehead atoms. The second kappa shape index (κ2) is 7.10. The van der Waals surface area contributed by atoms with Gasteiger partial charge >= 0.3 is 0 Å². The number of carbonyl (C=O) groups is 1. The lowest BCUT2D eigenvalue weighted by atomic mass is 9.75. The van der Waals surface area contributed by atoms with Crippen molar-refractivity contribution in [3.05, 3.63) is 0 Å². The monoisotopic (exact) mass is 255 g/mol. The smallest absolute Gasteiger partial charge is 0.234 e. The first-order valence-corrected chi connectivity index (χ1v) is 7.22. The van der Waals surface area contributed by atoms with Crippen molar-refractivity contribution in [1.29, 1.82) is 0 Å². The lowest BCUT2D eigenvalue weighted by molar-refractivity contribution is -0.123. The van der Waals surface area contributed by atoms with Crippen LogP contribution in [0, 0.1) is 5.92 Å². The highest BCUT2D eigenvalue weighted by Gasteiger charge is 2.37. The minimum absolute atomic E-state index is 0.0290. The number of hydrogen-bond donors (Lipinski definition) is 2. The molecule has 0 aromatic rings. The Morgan fingerprint density at radius 2 is 2.28 bits per heavy atom. The Balaban J connectivity index is 2.55. The number of hydrogen-bond acceptors (Lipinski definition) is 3. The van der Waals surface area contributed by atoms with Gasteiger partial charge in [-0.1, -0.05) is 26.7 Å². The molecule has 1 amide bonds. The quantitative estimate of drug-likeness (QED) is 0.753. The van der Waals surface area contributed by atoms with Crippen molar-refractivity contribution < 1.29 is 4.79 Å². The molecule has 0 spiro atoms. The van der Waals surface area contributed by atoms with Crippen molar-refractivity contribution >= 4 is 5.91 Å². The number of likely N-dealkylation sites (N-methyl/N-ethyl adjacent to an activating group) is 1. The summed E-state index contributed by atoms with van der Waals surface area (Å²) in [6.07, 6.45) is 5.72. The van der Waals surface area contributed by atoms with Crippen LogP contribution in [0.2, 0.25) is 0 Å². The number of nitrogens with two attached hydrogens (primary N) is 1. The molecule has 1 saturated carbocycles. The first-order valence-electron chi connectivity index (χ1n) is 7.22. The predicted molar refractivity (Wildman–Crippen MR) is 75.3 cm³/mol. The van der Waals surface area contributed by atoms with Crippen LogP contribution in [0.25, 0.3) is 0 Å². The fourth-order valence-corrected chi connectivity index (χ4v) is 3.02. The van der Waals surface area contributed by atoms with Crippen LogP contribution in [0.4, 0.5) is 0 Å². The van der Waals surface area contributed by atoms with Crippen LogP contribution in [0.1, 0.15) is 46.0 Å². The van der Waals surface area contributed by atoms with Crippen LogP contribution in [-0.2, 0) is 4.79 Å². The van der Waals surface area contributed by atoms with Gasteiger partial charge in [-0.3, -0.25) is 9.69 Å². The normalized spacial score (nSPS) is 28.4. The SMILES string of the molecule is CCCNC(=O)CN(C)C1(CN)CCCC(C)C1. The zero-order chi connectivity index (χ0) is 13.6. The van der Waals surface area contributed by atoms with Crippen molar-refractivity contribution in [2.75, 3.05) is 26.7 Å². The Bertz CT molecular complexity index is 270. The van der Waals surface area contributed by atoms with Crippen molar-refractivity contribution in [3.8, 4) is 0 Å². The van der Waals surface area contributed by atoms with E-state index in [-0.39, 0.29) is 11.4 Å². The summed E-state index contributed by atoms with van der Waals surface area (Å²) in [6, 6.07) is 0. The van der Waals surface area contributed by atoms with Gasteiger partial charge in [0, 0.05) is 18.6 Å². The van der Waals surface area contributed by atoms with Gasteiger partial charge in [-0.15, -0.1) is 0 Å². The highest BCUT2D eigenvalue weighted by Crippen LogP contribution is 2.35. The maximum absolute atomic E-state index is 11.8. The topological polar surface area (TPSA) is 58.4 Å². The minimum Gasteiger partial charge on any atom is -0.355 e. The molecule has 106 valence electrons. The Kier molecular flexibility index (Phi) is 6.09. The highest BCUT2D eigenvalue weighted by atomic mass is 16.2. The maximum Gasteiger partial charge on any atom is 0.234 e. The molecule has 0 aromatic carbocycles. The van der Waals surface area contributed by atoms with Gasteiger partial charge in [0.05, 0.1) is 6.54 Å². The standard InChI is InChI=1S/C14H29N3O/c1-4-8-16-13(18)10-17(3)14(11-15)7-5-6-12(2)9-14/h12H,4-11,15H2,1-3H3,(H,16,18). The summed E-state index contributed by atoms with van der Waals surface area (Å²) in [5.74, 6) is 0.828. The molecule has 2 atom stereocenters. The van der Waals surface area contributed by atoms with E-state index in [4.69, 9.17) is 5.73 Å². The van der Waals surface area contributed by atoms with E-state index in [1.165, 1.54) is 12.8 Å². The van der Waals surface area contributed by atoms with E-state index in [0.29, 0.717) is 19.0 Å². The summed E-state index contributed by atoms with van der Waals surface area (Å²) in [5.41, 5.74) is 6.03. The summed E-state index contributed by atoms with van der Waals surface area (Å²) in [5, 5.41) is 2.93. The maximum atomic E-state index is 11.8. The highest BCUT2D eigenvalue weighted by molar-refractivity contribution is 5.78. The summed E-state index contributed by atoms with van der Waals surface area (Å²) in [6.45, 7) is 6.22. The number of nitrogens with one attached hydrogen (secondary N) is 1. The molecule has 2 unspecified atom stereocenters. The number of nitrogens with zero attached hydrogens (tertiary/aromatic N) is 1. The summed E-state index contributed by atoms with van der Waals surface area (Å²) in [4.78, 5) is 14.0. The van der Waals surface area contributed by atoms with Crippen LogP contribution in [0.5, 0.6) is 0 Å². The van der Waals surface area contributed by atoms with Crippen LogP contribution in [-0.4, -0.2) is 43.0 Å². The zero-order valence-corrected chi connectivity index (χ0v) is 12.2. The van der Waals surface area contributed by atoms with Crippen molar-refractivity contribution in [2.24, 2.45) is 11.7 Å². The molecule has 4 heteroatoms. The molecule has 3 N–H and O–H groups in total.